The first-order valence-electron chi connectivity index (χ1n) is 6.32. The largest absolute Gasteiger partial charge is 0.469 e. The van der Waals surface area contributed by atoms with Gasteiger partial charge >= 0.3 is 0 Å². The van der Waals surface area contributed by atoms with Crippen LogP contribution < -0.4 is 5.32 Å². The van der Waals surface area contributed by atoms with Gasteiger partial charge in [0.1, 0.15) is 5.76 Å². The number of carbonyl (C=O) groups excluding carboxylic acids is 1. The molecule has 1 amide bonds. The fourth-order valence-corrected chi connectivity index (χ4v) is 2.73. The minimum Gasteiger partial charge on any atom is -0.469 e. The number of thioether (sulfide) groups is 1. The molecule has 4 nitrogen and oxygen atoms in total. The van der Waals surface area contributed by atoms with E-state index in [-0.39, 0.29) is 24.3 Å². The topological polar surface area (TPSA) is 62.5 Å². The zero-order valence-corrected chi connectivity index (χ0v) is 11.1. The molecule has 0 saturated heterocycles. The number of furan rings is 1. The van der Waals surface area contributed by atoms with Crippen molar-refractivity contribution in [3.63, 3.8) is 0 Å². The average Bonchev–Trinajstić information content (AvgIpc) is 3.00. The van der Waals surface area contributed by atoms with Crippen molar-refractivity contribution in [3.8, 4) is 0 Å². The van der Waals surface area contributed by atoms with Crippen molar-refractivity contribution >= 4 is 17.7 Å². The van der Waals surface area contributed by atoms with Crippen molar-refractivity contribution < 1.29 is 14.3 Å². The predicted molar refractivity (Wildman–Crippen MR) is 71.6 cm³/mol. The average molecular weight is 269 g/mol. The third kappa shape index (κ3) is 3.78. The lowest BCUT2D eigenvalue weighted by molar-refractivity contribution is -0.122. The normalized spacial score (nSPS) is 21.8. The molecule has 1 saturated carbocycles. The molecular weight excluding hydrogens is 250 g/mol. The van der Waals surface area contributed by atoms with Crippen molar-refractivity contribution in [1.29, 1.82) is 0 Å². The minimum atomic E-state index is 0.0959. The molecule has 1 heterocycles. The van der Waals surface area contributed by atoms with Gasteiger partial charge in [-0.1, -0.05) is 0 Å². The summed E-state index contributed by atoms with van der Waals surface area (Å²) < 4.78 is 5.30. The Kier molecular flexibility index (Phi) is 5.13. The molecule has 1 aromatic heterocycles. The van der Waals surface area contributed by atoms with E-state index in [2.05, 4.69) is 5.32 Å². The number of nitrogens with one attached hydrogen (secondary N) is 1. The molecule has 1 aromatic rings. The maximum absolute atomic E-state index is 11.8. The number of carbonyl (C=O) groups is 1. The van der Waals surface area contributed by atoms with E-state index in [9.17, 15) is 4.79 Å². The van der Waals surface area contributed by atoms with E-state index >= 15 is 0 Å². The third-order valence-corrected chi connectivity index (χ3v) is 4.10. The molecular formula is C13H19NO3S. The zero-order chi connectivity index (χ0) is 12.8. The smallest absolute Gasteiger partial charge is 0.223 e. The lowest BCUT2D eigenvalue weighted by Gasteiger charge is -2.04. The summed E-state index contributed by atoms with van der Waals surface area (Å²) in [6, 6.07) is 3.79. The highest BCUT2D eigenvalue weighted by molar-refractivity contribution is 7.99. The fraction of sp³-hybridized carbons (Fsp3) is 0.615. The summed E-state index contributed by atoms with van der Waals surface area (Å²) in [6.45, 7) is 0.947. The summed E-state index contributed by atoms with van der Waals surface area (Å²) >= 11 is 1.76. The molecule has 100 valence electrons. The first-order valence-corrected chi connectivity index (χ1v) is 7.48. The standard InChI is InChI=1S/C13H19NO3S/c15-5-2-7-18-8-4-14-13(16)11-9-10(11)12-3-1-6-17-12/h1,3,6,10-11,15H,2,4-5,7-9H2,(H,14,16). The van der Waals surface area contributed by atoms with Crippen LogP contribution in [0.5, 0.6) is 0 Å². The van der Waals surface area contributed by atoms with Crippen LogP contribution in [0.25, 0.3) is 0 Å². The van der Waals surface area contributed by atoms with E-state index in [1.807, 2.05) is 12.1 Å². The Bertz CT molecular complexity index is 366. The van der Waals surface area contributed by atoms with Gasteiger partial charge in [-0.05, 0) is 30.7 Å². The molecule has 1 fully saturated rings. The number of hydrogen-bond acceptors (Lipinski definition) is 4. The van der Waals surface area contributed by atoms with E-state index in [0.29, 0.717) is 6.54 Å². The van der Waals surface area contributed by atoms with Gasteiger partial charge < -0.3 is 14.8 Å². The van der Waals surface area contributed by atoms with Crippen molar-refractivity contribution in [3.05, 3.63) is 24.2 Å². The van der Waals surface area contributed by atoms with Crippen LogP contribution in [0.15, 0.2) is 22.8 Å². The van der Waals surface area contributed by atoms with Crippen LogP contribution in [0.2, 0.25) is 0 Å². The highest BCUT2D eigenvalue weighted by atomic mass is 32.2. The first-order chi connectivity index (χ1) is 8.83. The van der Waals surface area contributed by atoms with Crippen LogP contribution >= 0.6 is 11.8 Å². The number of hydrogen-bond donors (Lipinski definition) is 2. The van der Waals surface area contributed by atoms with Gasteiger partial charge in [-0.2, -0.15) is 11.8 Å². The van der Waals surface area contributed by atoms with Crippen molar-refractivity contribution in [2.45, 2.75) is 18.8 Å². The van der Waals surface area contributed by atoms with Crippen LogP contribution in [0.3, 0.4) is 0 Å². The van der Waals surface area contributed by atoms with Gasteiger partial charge in [-0.3, -0.25) is 4.79 Å². The quantitative estimate of drug-likeness (QED) is 0.704. The maximum atomic E-state index is 11.8. The fourth-order valence-electron chi connectivity index (χ4n) is 1.95. The second kappa shape index (κ2) is 6.85. The second-order valence-corrected chi connectivity index (χ2v) is 5.67. The monoisotopic (exact) mass is 269 g/mol. The van der Waals surface area contributed by atoms with Crippen molar-refractivity contribution in [2.75, 3.05) is 24.7 Å². The Morgan fingerprint density at radius 2 is 2.44 bits per heavy atom. The highest BCUT2D eigenvalue weighted by Gasteiger charge is 2.45. The number of amides is 1. The van der Waals surface area contributed by atoms with Gasteiger partial charge in [0, 0.05) is 30.7 Å². The Morgan fingerprint density at radius 1 is 1.56 bits per heavy atom. The summed E-state index contributed by atoms with van der Waals surface area (Å²) in [6.07, 6.45) is 3.37. The Hall–Kier alpha value is -0.940. The summed E-state index contributed by atoms with van der Waals surface area (Å²) in [5.41, 5.74) is 0. The number of aliphatic hydroxyl groups is 1. The molecule has 0 radical (unpaired) electrons. The van der Waals surface area contributed by atoms with Crippen LogP contribution in [0.1, 0.15) is 24.5 Å². The Morgan fingerprint density at radius 3 is 3.17 bits per heavy atom. The van der Waals surface area contributed by atoms with Gasteiger partial charge in [0.05, 0.1) is 6.26 Å². The lowest BCUT2D eigenvalue weighted by Crippen LogP contribution is -2.27. The van der Waals surface area contributed by atoms with Crippen molar-refractivity contribution in [1.82, 2.24) is 5.32 Å². The van der Waals surface area contributed by atoms with E-state index in [1.165, 1.54) is 0 Å². The highest BCUT2D eigenvalue weighted by Crippen LogP contribution is 2.47. The van der Waals surface area contributed by atoms with E-state index < -0.39 is 0 Å². The van der Waals surface area contributed by atoms with Gasteiger partial charge in [0.15, 0.2) is 0 Å². The molecule has 2 rings (SSSR count). The van der Waals surface area contributed by atoms with Crippen LogP contribution in [0.4, 0.5) is 0 Å². The molecule has 2 unspecified atom stereocenters. The van der Waals surface area contributed by atoms with Gasteiger partial charge in [0.2, 0.25) is 5.91 Å². The zero-order valence-electron chi connectivity index (χ0n) is 10.3. The number of rotatable bonds is 8. The molecule has 2 N–H and O–H groups in total. The minimum absolute atomic E-state index is 0.0959. The molecule has 5 heteroatoms. The molecule has 0 aliphatic heterocycles. The summed E-state index contributed by atoms with van der Waals surface area (Å²) in [7, 11) is 0. The maximum Gasteiger partial charge on any atom is 0.223 e. The molecule has 1 aliphatic carbocycles. The first kappa shape index (κ1) is 13.5. The molecule has 2 atom stereocenters. The lowest BCUT2D eigenvalue weighted by atomic mass is 10.2. The van der Waals surface area contributed by atoms with E-state index in [1.54, 1.807) is 18.0 Å². The van der Waals surface area contributed by atoms with Gasteiger partial charge in [0.25, 0.3) is 0 Å². The SMILES string of the molecule is O=C(NCCSCCCO)C1CC1c1ccco1. The van der Waals surface area contributed by atoms with Crippen LogP contribution in [0, 0.1) is 5.92 Å². The molecule has 1 aliphatic rings. The summed E-state index contributed by atoms with van der Waals surface area (Å²) in [4.78, 5) is 11.8. The van der Waals surface area contributed by atoms with Crippen LogP contribution in [-0.2, 0) is 4.79 Å². The van der Waals surface area contributed by atoms with E-state index in [0.717, 1.165) is 30.1 Å². The predicted octanol–water partition coefficient (Wildman–Crippen LogP) is 1.61. The molecule has 18 heavy (non-hydrogen) atoms. The van der Waals surface area contributed by atoms with Gasteiger partial charge in [-0.15, -0.1) is 0 Å². The second-order valence-electron chi connectivity index (χ2n) is 4.44. The van der Waals surface area contributed by atoms with Crippen LogP contribution in [-0.4, -0.2) is 35.7 Å². The molecule has 0 aromatic carbocycles. The summed E-state index contributed by atoms with van der Waals surface area (Å²) in [5, 5.41) is 11.6. The van der Waals surface area contributed by atoms with E-state index in [4.69, 9.17) is 9.52 Å². The van der Waals surface area contributed by atoms with Crippen molar-refractivity contribution in [2.24, 2.45) is 5.92 Å². The Balaban J connectivity index is 1.57. The number of aliphatic hydroxyl groups excluding tert-OH is 1. The summed E-state index contributed by atoms with van der Waals surface area (Å²) in [5.74, 6) is 3.29. The Labute approximate surface area is 111 Å². The third-order valence-electron chi connectivity index (χ3n) is 3.03. The van der Waals surface area contributed by atoms with Gasteiger partial charge in [-0.25, -0.2) is 0 Å². The molecule has 0 spiro atoms. The molecule has 0 bridgehead atoms.